The summed E-state index contributed by atoms with van der Waals surface area (Å²) < 4.78 is 2.09. The lowest BCUT2D eigenvalue weighted by molar-refractivity contribution is 0.436. The highest BCUT2D eigenvalue weighted by Crippen LogP contribution is 2.25. The van der Waals surface area contributed by atoms with E-state index in [1.54, 1.807) is 0 Å². The van der Waals surface area contributed by atoms with Crippen LogP contribution in [0.1, 0.15) is 31.2 Å². The Hall–Kier alpha value is -0.440. The quantitative estimate of drug-likeness (QED) is 0.397. The molecule has 132 valence electrons. The van der Waals surface area contributed by atoms with E-state index in [1.807, 2.05) is 14.0 Å². The molecule has 2 rings (SSSR count). The molecule has 1 aliphatic rings. The molecule has 0 amide bonds. The predicted octanol–water partition coefficient (Wildman–Crippen LogP) is 2.81. The summed E-state index contributed by atoms with van der Waals surface area (Å²) in [5.41, 5.74) is 2.31. The molecule has 1 fully saturated rings. The number of thioether (sulfide) groups is 1. The minimum absolute atomic E-state index is 0. The highest BCUT2D eigenvalue weighted by atomic mass is 127. The summed E-state index contributed by atoms with van der Waals surface area (Å²) in [4.78, 5) is 4.31. The van der Waals surface area contributed by atoms with E-state index in [0.717, 1.165) is 36.5 Å². The molecule has 0 aromatic carbocycles. The average Bonchev–Trinajstić information content (AvgIpc) is 3.09. The third-order valence-electron chi connectivity index (χ3n) is 3.95. The lowest BCUT2D eigenvalue weighted by Crippen LogP contribution is -2.42. The third kappa shape index (κ3) is 6.91. The van der Waals surface area contributed by atoms with Gasteiger partial charge in [0.1, 0.15) is 0 Å². The Kier molecular flexibility index (Phi) is 9.34. The maximum absolute atomic E-state index is 4.53. The Morgan fingerprint density at radius 1 is 1.48 bits per heavy atom. The van der Waals surface area contributed by atoms with Gasteiger partial charge in [-0.05, 0) is 44.4 Å². The van der Waals surface area contributed by atoms with Gasteiger partial charge in [0.2, 0.25) is 0 Å². The van der Waals surface area contributed by atoms with Crippen LogP contribution in [-0.2, 0) is 6.54 Å². The summed E-state index contributed by atoms with van der Waals surface area (Å²) in [7, 11) is 1.84. The van der Waals surface area contributed by atoms with Crippen molar-refractivity contribution in [2.45, 2.75) is 45.4 Å². The third-order valence-corrected chi connectivity index (χ3v) is 5.35. The van der Waals surface area contributed by atoms with Gasteiger partial charge in [0, 0.05) is 37.6 Å². The first-order valence-electron chi connectivity index (χ1n) is 8.15. The summed E-state index contributed by atoms with van der Waals surface area (Å²) >= 11 is 2.07. The number of nitrogens with one attached hydrogen (secondary N) is 2. The normalized spacial score (nSPS) is 19.3. The number of aryl methyl sites for hydroxylation is 2. The second-order valence-electron chi connectivity index (χ2n) is 6.18. The van der Waals surface area contributed by atoms with Crippen LogP contribution in [0.15, 0.2) is 11.1 Å². The van der Waals surface area contributed by atoms with Gasteiger partial charge in [-0.1, -0.05) is 6.92 Å². The zero-order valence-corrected chi connectivity index (χ0v) is 17.8. The van der Waals surface area contributed by atoms with Crippen LogP contribution in [0.2, 0.25) is 0 Å². The highest BCUT2D eigenvalue weighted by molar-refractivity contribution is 14.0. The van der Waals surface area contributed by atoms with E-state index in [0.29, 0.717) is 5.92 Å². The molecular formula is C16H30IN5S. The van der Waals surface area contributed by atoms with Crippen molar-refractivity contribution in [3.8, 4) is 0 Å². The molecule has 1 aromatic heterocycles. The van der Waals surface area contributed by atoms with Crippen LogP contribution in [0.25, 0.3) is 0 Å². The summed E-state index contributed by atoms with van der Waals surface area (Å²) in [6.45, 7) is 9.23. The van der Waals surface area contributed by atoms with Crippen LogP contribution in [0.4, 0.5) is 0 Å². The van der Waals surface area contributed by atoms with E-state index in [2.05, 4.69) is 57.1 Å². The Bertz CT molecular complexity index is 497. The maximum Gasteiger partial charge on any atom is 0.191 e. The molecule has 0 spiro atoms. The average molecular weight is 451 g/mol. The monoisotopic (exact) mass is 451 g/mol. The van der Waals surface area contributed by atoms with Crippen molar-refractivity contribution in [3.05, 3.63) is 17.5 Å². The minimum Gasteiger partial charge on any atom is -0.356 e. The minimum atomic E-state index is 0. The van der Waals surface area contributed by atoms with Crippen LogP contribution in [0.5, 0.6) is 0 Å². The number of rotatable bonds is 6. The fourth-order valence-electron chi connectivity index (χ4n) is 2.73. The highest BCUT2D eigenvalue weighted by Gasteiger charge is 2.15. The van der Waals surface area contributed by atoms with Gasteiger partial charge in [-0.3, -0.25) is 9.67 Å². The molecule has 1 aromatic rings. The molecule has 1 saturated heterocycles. The number of hydrogen-bond donors (Lipinski definition) is 2. The number of halogens is 1. The van der Waals surface area contributed by atoms with E-state index >= 15 is 0 Å². The van der Waals surface area contributed by atoms with Crippen molar-refractivity contribution in [2.24, 2.45) is 10.9 Å². The van der Waals surface area contributed by atoms with Gasteiger partial charge in [0.05, 0.1) is 5.69 Å². The SMILES string of the molecule is CN=C(NCC(C)Cn1nc(C)cc1C)NCC1CCCS1.I. The topological polar surface area (TPSA) is 54.2 Å². The van der Waals surface area contributed by atoms with E-state index in [-0.39, 0.29) is 24.0 Å². The summed E-state index contributed by atoms with van der Waals surface area (Å²) in [6.07, 6.45) is 2.67. The molecule has 23 heavy (non-hydrogen) atoms. The first kappa shape index (κ1) is 20.6. The van der Waals surface area contributed by atoms with E-state index in [1.165, 1.54) is 24.3 Å². The molecule has 1 aliphatic heterocycles. The van der Waals surface area contributed by atoms with Gasteiger partial charge in [-0.25, -0.2) is 0 Å². The lowest BCUT2D eigenvalue weighted by atomic mass is 10.2. The molecule has 5 nitrogen and oxygen atoms in total. The first-order valence-corrected chi connectivity index (χ1v) is 9.20. The van der Waals surface area contributed by atoms with Crippen molar-refractivity contribution in [3.63, 3.8) is 0 Å². The van der Waals surface area contributed by atoms with Gasteiger partial charge in [0.25, 0.3) is 0 Å². The van der Waals surface area contributed by atoms with E-state index in [9.17, 15) is 0 Å². The zero-order chi connectivity index (χ0) is 15.9. The second-order valence-corrected chi connectivity index (χ2v) is 7.59. The Morgan fingerprint density at radius 3 is 2.83 bits per heavy atom. The van der Waals surface area contributed by atoms with Crippen molar-refractivity contribution in [1.29, 1.82) is 0 Å². The number of hydrogen-bond acceptors (Lipinski definition) is 3. The Morgan fingerprint density at radius 2 is 2.26 bits per heavy atom. The molecule has 7 heteroatoms. The fourth-order valence-corrected chi connectivity index (χ4v) is 3.93. The molecular weight excluding hydrogens is 421 g/mol. The van der Waals surface area contributed by atoms with Gasteiger partial charge in [0.15, 0.2) is 5.96 Å². The van der Waals surface area contributed by atoms with Crippen molar-refractivity contribution < 1.29 is 0 Å². The number of guanidine groups is 1. The molecule has 2 atom stereocenters. The van der Waals surface area contributed by atoms with Crippen LogP contribution in [0, 0.1) is 19.8 Å². The summed E-state index contributed by atoms with van der Waals surface area (Å²) in [6, 6.07) is 2.12. The van der Waals surface area contributed by atoms with Gasteiger partial charge < -0.3 is 10.6 Å². The van der Waals surface area contributed by atoms with Crippen LogP contribution in [0.3, 0.4) is 0 Å². The number of aliphatic imine (C=N–C) groups is 1. The molecule has 0 radical (unpaired) electrons. The second kappa shape index (κ2) is 10.4. The predicted molar refractivity (Wildman–Crippen MR) is 111 cm³/mol. The number of nitrogens with zero attached hydrogens (tertiary/aromatic N) is 3. The van der Waals surface area contributed by atoms with Crippen molar-refractivity contribution in [2.75, 3.05) is 25.9 Å². The van der Waals surface area contributed by atoms with Crippen LogP contribution >= 0.6 is 35.7 Å². The molecule has 0 aliphatic carbocycles. The largest absolute Gasteiger partial charge is 0.356 e. The van der Waals surface area contributed by atoms with Gasteiger partial charge in [-0.15, -0.1) is 24.0 Å². The Labute approximate surface area is 161 Å². The molecule has 2 N–H and O–H groups in total. The van der Waals surface area contributed by atoms with Gasteiger partial charge >= 0.3 is 0 Å². The fraction of sp³-hybridized carbons (Fsp3) is 0.750. The Balaban J connectivity index is 0.00000264. The standard InChI is InChI=1S/C16H29N5S.HI/c1-12(11-21-14(3)8-13(2)20-21)9-18-16(17-4)19-10-15-6-5-7-22-15;/h8,12,15H,5-7,9-11H2,1-4H3,(H2,17,18,19);1H. The molecule has 0 bridgehead atoms. The van der Waals surface area contributed by atoms with Crippen molar-refractivity contribution >= 4 is 41.7 Å². The van der Waals surface area contributed by atoms with Crippen LogP contribution in [-0.4, -0.2) is 46.9 Å². The van der Waals surface area contributed by atoms with Gasteiger partial charge in [-0.2, -0.15) is 16.9 Å². The lowest BCUT2D eigenvalue weighted by Gasteiger charge is -2.18. The smallest absolute Gasteiger partial charge is 0.191 e. The van der Waals surface area contributed by atoms with Crippen molar-refractivity contribution in [1.82, 2.24) is 20.4 Å². The summed E-state index contributed by atoms with van der Waals surface area (Å²) in [5.74, 6) is 2.71. The number of aromatic nitrogens is 2. The molecule has 2 heterocycles. The summed E-state index contributed by atoms with van der Waals surface area (Å²) in [5, 5.41) is 12.1. The molecule has 2 unspecified atom stereocenters. The van der Waals surface area contributed by atoms with Crippen LogP contribution < -0.4 is 10.6 Å². The van der Waals surface area contributed by atoms with E-state index in [4.69, 9.17) is 0 Å². The van der Waals surface area contributed by atoms with E-state index < -0.39 is 0 Å². The zero-order valence-electron chi connectivity index (χ0n) is 14.6. The maximum atomic E-state index is 4.53. The first-order chi connectivity index (χ1) is 10.6. The molecule has 0 saturated carbocycles.